The van der Waals surface area contributed by atoms with Gasteiger partial charge < -0.3 is 16.8 Å². The zero-order valence-electron chi connectivity index (χ0n) is 5.74. The molecule has 1 aromatic rings. The topological polar surface area (TPSA) is 77.0 Å². The Morgan fingerprint density at radius 2 is 2.27 bits per heavy atom. The molecule has 1 aromatic heterocycles. The van der Waals surface area contributed by atoms with E-state index in [0.717, 1.165) is 0 Å². The largest absolute Gasteiger partial charge is 0.384 e. The van der Waals surface area contributed by atoms with Gasteiger partial charge >= 0.3 is 0 Å². The summed E-state index contributed by atoms with van der Waals surface area (Å²) in [7, 11) is 0. The van der Waals surface area contributed by atoms with Gasteiger partial charge in [-0.2, -0.15) is 0 Å². The Kier molecular flexibility index (Phi) is 2.22. The minimum absolute atomic E-state index is 0.183. The van der Waals surface area contributed by atoms with Gasteiger partial charge in [0.2, 0.25) is 0 Å². The molecule has 0 aliphatic rings. The summed E-state index contributed by atoms with van der Waals surface area (Å²) < 4.78 is 0. The number of thiocarbonyl (C=S) groups is 1. The van der Waals surface area contributed by atoms with Crippen molar-refractivity contribution in [2.45, 2.75) is 0 Å². The highest BCUT2D eigenvalue weighted by molar-refractivity contribution is 7.80. The maximum absolute atomic E-state index is 5.40. The van der Waals surface area contributed by atoms with Crippen LogP contribution < -0.4 is 16.8 Å². The SMILES string of the molecule is NC(=S)Nc1cccc(N)n1. The zero-order valence-corrected chi connectivity index (χ0v) is 6.56. The van der Waals surface area contributed by atoms with Crippen LogP contribution in [-0.4, -0.2) is 10.1 Å². The fourth-order valence-electron chi connectivity index (χ4n) is 0.647. The second-order valence-corrected chi connectivity index (χ2v) is 2.38. The van der Waals surface area contributed by atoms with Crippen LogP contribution in [0.2, 0.25) is 0 Å². The smallest absolute Gasteiger partial charge is 0.169 e. The monoisotopic (exact) mass is 168 g/mol. The number of hydrogen-bond donors (Lipinski definition) is 3. The van der Waals surface area contributed by atoms with E-state index in [1.54, 1.807) is 18.2 Å². The average Bonchev–Trinajstić information content (AvgIpc) is 1.85. The van der Waals surface area contributed by atoms with Crippen molar-refractivity contribution >= 4 is 29.0 Å². The van der Waals surface area contributed by atoms with Gasteiger partial charge in [0.1, 0.15) is 11.6 Å². The third-order valence-corrected chi connectivity index (χ3v) is 1.12. The Bertz CT molecular complexity index is 273. The summed E-state index contributed by atoms with van der Waals surface area (Å²) in [5, 5.41) is 2.85. The molecule has 1 rings (SSSR count). The van der Waals surface area contributed by atoms with Crippen LogP contribution in [0, 0.1) is 0 Å². The van der Waals surface area contributed by atoms with E-state index in [0.29, 0.717) is 11.6 Å². The Labute approximate surface area is 69.6 Å². The van der Waals surface area contributed by atoms with Crippen molar-refractivity contribution in [3.8, 4) is 0 Å². The number of nitrogens with two attached hydrogens (primary N) is 2. The molecule has 0 atom stereocenters. The number of pyridine rings is 1. The standard InChI is InChI=1S/C6H8N4S/c7-4-2-1-3-5(9-4)10-6(8)11/h1-3H,(H5,7,8,9,10,11). The van der Waals surface area contributed by atoms with Crippen LogP contribution in [0.3, 0.4) is 0 Å². The molecule has 0 aliphatic carbocycles. The van der Waals surface area contributed by atoms with Gasteiger partial charge in [0, 0.05) is 0 Å². The molecule has 4 nitrogen and oxygen atoms in total. The molecule has 0 spiro atoms. The summed E-state index contributed by atoms with van der Waals surface area (Å²) in [5.41, 5.74) is 10.6. The van der Waals surface area contributed by atoms with Crippen molar-refractivity contribution in [1.82, 2.24) is 4.98 Å². The number of aromatic nitrogens is 1. The molecule has 11 heavy (non-hydrogen) atoms. The molecule has 0 saturated carbocycles. The van der Waals surface area contributed by atoms with Crippen molar-refractivity contribution in [3.63, 3.8) is 0 Å². The number of nitrogens with one attached hydrogen (secondary N) is 1. The molecular weight excluding hydrogens is 160 g/mol. The van der Waals surface area contributed by atoms with Gasteiger partial charge in [-0.05, 0) is 24.4 Å². The molecular formula is C6H8N4S. The van der Waals surface area contributed by atoms with Crippen LogP contribution in [0.1, 0.15) is 0 Å². The molecule has 0 amide bonds. The minimum atomic E-state index is 0.183. The lowest BCUT2D eigenvalue weighted by atomic mass is 10.4. The Balaban J connectivity index is 2.79. The normalized spacial score (nSPS) is 9.09. The first-order valence-electron chi connectivity index (χ1n) is 2.97. The Morgan fingerprint density at radius 1 is 1.55 bits per heavy atom. The predicted molar refractivity (Wildman–Crippen MR) is 49.1 cm³/mol. The molecule has 58 valence electrons. The number of hydrogen-bond acceptors (Lipinski definition) is 3. The highest BCUT2D eigenvalue weighted by Gasteiger charge is 1.93. The van der Waals surface area contributed by atoms with E-state index in [2.05, 4.69) is 22.5 Å². The van der Waals surface area contributed by atoms with E-state index < -0.39 is 0 Å². The van der Waals surface area contributed by atoms with Gasteiger partial charge in [-0.25, -0.2) is 4.98 Å². The quantitative estimate of drug-likeness (QED) is 0.526. The summed E-state index contributed by atoms with van der Waals surface area (Å²) in [6.07, 6.45) is 0. The first-order chi connectivity index (χ1) is 5.18. The van der Waals surface area contributed by atoms with E-state index in [9.17, 15) is 0 Å². The van der Waals surface area contributed by atoms with Crippen LogP contribution in [0.5, 0.6) is 0 Å². The van der Waals surface area contributed by atoms with Crippen molar-refractivity contribution < 1.29 is 0 Å². The van der Waals surface area contributed by atoms with Gasteiger partial charge in [0.15, 0.2) is 5.11 Å². The van der Waals surface area contributed by atoms with Crippen molar-refractivity contribution in [2.75, 3.05) is 11.1 Å². The molecule has 0 unspecified atom stereocenters. The lowest BCUT2D eigenvalue weighted by Gasteiger charge is -2.01. The third kappa shape index (κ3) is 2.38. The number of rotatable bonds is 1. The minimum Gasteiger partial charge on any atom is -0.384 e. The van der Waals surface area contributed by atoms with E-state index in [1.807, 2.05) is 0 Å². The maximum atomic E-state index is 5.40. The summed E-state index contributed by atoms with van der Waals surface area (Å²) in [6, 6.07) is 5.18. The Hall–Kier alpha value is -1.36. The first-order valence-corrected chi connectivity index (χ1v) is 3.38. The van der Waals surface area contributed by atoms with Gasteiger partial charge in [-0.15, -0.1) is 0 Å². The van der Waals surface area contributed by atoms with Crippen molar-refractivity contribution in [1.29, 1.82) is 0 Å². The number of nitrogens with zero attached hydrogens (tertiary/aromatic N) is 1. The summed E-state index contributed by atoms with van der Waals surface area (Å²) in [4.78, 5) is 3.91. The van der Waals surface area contributed by atoms with Gasteiger partial charge in [-0.3, -0.25) is 0 Å². The predicted octanol–water partition coefficient (Wildman–Crippen LogP) is 0.319. The fraction of sp³-hybridized carbons (Fsp3) is 0. The lowest BCUT2D eigenvalue weighted by molar-refractivity contribution is 1.33. The van der Waals surface area contributed by atoms with E-state index in [1.165, 1.54) is 0 Å². The van der Waals surface area contributed by atoms with Gasteiger partial charge in [0.05, 0.1) is 0 Å². The van der Waals surface area contributed by atoms with Crippen LogP contribution in [0.15, 0.2) is 18.2 Å². The molecule has 0 aliphatic heterocycles. The van der Waals surface area contributed by atoms with E-state index in [-0.39, 0.29) is 5.11 Å². The third-order valence-electron chi connectivity index (χ3n) is 1.02. The average molecular weight is 168 g/mol. The summed E-state index contributed by atoms with van der Waals surface area (Å²) in [6.45, 7) is 0. The van der Waals surface area contributed by atoms with Crippen LogP contribution in [-0.2, 0) is 0 Å². The highest BCUT2D eigenvalue weighted by Crippen LogP contribution is 2.04. The molecule has 5 N–H and O–H groups in total. The zero-order chi connectivity index (χ0) is 8.27. The second-order valence-electron chi connectivity index (χ2n) is 1.94. The molecule has 0 bridgehead atoms. The van der Waals surface area contributed by atoms with Crippen molar-refractivity contribution in [2.24, 2.45) is 5.73 Å². The summed E-state index contributed by atoms with van der Waals surface area (Å²) in [5.74, 6) is 1.00. The second kappa shape index (κ2) is 3.16. The molecule has 0 radical (unpaired) electrons. The molecule has 0 saturated heterocycles. The van der Waals surface area contributed by atoms with Gasteiger partial charge in [-0.1, -0.05) is 6.07 Å². The van der Waals surface area contributed by atoms with Crippen LogP contribution in [0.4, 0.5) is 11.6 Å². The first kappa shape index (κ1) is 7.74. The van der Waals surface area contributed by atoms with Crippen LogP contribution in [0.25, 0.3) is 0 Å². The van der Waals surface area contributed by atoms with E-state index >= 15 is 0 Å². The van der Waals surface area contributed by atoms with Gasteiger partial charge in [0.25, 0.3) is 0 Å². The fourth-order valence-corrected chi connectivity index (χ4v) is 0.752. The molecule has 0 aromatic carbocycles. The van der Waals surface area contributed by atoms with E-state index in [4.69, 9.17) is 11.5 Å². The Morgan fingerprint density at radius 3 is 2.82 bits per heavy atom. The summed E-state index contributed by atoms with van der Waals surface area (Å²) >= 11 is 4.61. The molecule has 5 heteroatoms. The number of nitrogen functional groups attached to an aromatic ring is 1. The van der Waals surface area contributed by atoms with Crippen LogP contribution >= 0.6 is 12.2 Å². The molecule has 1 heterocycles. The van der Waals surface area contributed by atoms with Crippen molar-refractivity contribution in [3.05, 3.63) is 18.2 Å². The maximum Gasteiger partial charge on any atom is 0.169 e. The lowest BCUT2D eigenvalue weighted by Crippen LogP contribution is -2.19. The molecule has 0 fully saturated rings. The highest BCUT2D eigenvalue weighted by atomic mass is 32.1. The number of anilines is 2.